The van der Waals surface area contributed by atoms with Gasteiger partial charge in [0.15, 0.2) is 0 Å². The van der Waals surface area contributed by atoms with E-state index in [4.69, 9.17) is 11.1 Å². The zero-order valence-electron chi connectivity index (χ0n) is 15.2. The van der Waals surface area contributed by atoms with Gasteiger partial charge in [-0.1, -0.05) is 0 Å². The molecule has 8 heteroatoms. The number of rotatable bonds is 0. The third-order valence-corrected chi connectivity index (χ3v) is 0. The second-order valence-corrected chi connectivity index (χ2v) is 4.61. The van der Waals surface area contributed by atoms with Crippen LogP contribution in [0.1, 0.15) is 0 Å². The summed E-state index contributed by atoms with van der Waals surface area (Å²) in [7, 11) is 21.8. The number of hydrogen-bond donors (Lipinski definition) is 1. The van der Waals surface area contributed by atoms with Gasteiger partial charge in [0, 0.05) is 0 Å². The molecule has 0 saturated heterocycles. The van der Waals surface area contributed by atoms with Crippen LogP contribution < -0.4 is 34.9 Å². The minimum absolute atomic E-state index is 0. The average molecular weight is 287 g/mol. The summed E-state index contributed by atoms with van der Waals surface area (Å²) in [5, 5.41) is 2.75. The number of hydrogen-bond acceptors (Lipinski definition) is 4. The van der Waals surface area contributed by atoms with Crippen molar-refractivity contribution in [3.63, 3.8) is 0 Å². The van der Waals surface area contributed by atoms with Gasteiger partial charge in [-0.05, 0) is 77.5 Å². The van der Waals surface area contributed by atoms with Crippen molar-refractivity contribution in [2.24, 2.45) is 0 Å². The molecule has 0 fully saturated rings. The fourth-order valence-electron chi connectivity index (χ4n) is 0. The van der Waals surface area contributed by atoms with E-state index in [-0.39, 0.29) is 29.6 Å². The van der Waals surface area contributed by atoms with Crippen molar-refractivity contribution >= 4 is 0 Å². The van der Waals surface area contributed by atoms with Gasteiger partial charge in [0.25, 0.3) is 0 Å². The first-order valence-corrected chi connectivity index (χ1v) is 5.42. The molecule has 0 aromatic rings. The molecular formula is C11H34N7Na. The smallest absolute Gasteiger partial charge is 0.373 e. The van der Waals surface area contributed by atoms with Crippen molar-refractivity contribution in [2.45, 2.75) is 0 Å². The topological polar surface area (TPSA) is 80.5 Å². The molecule has 1 N–H and O–H groups in total. The number of nitrogens with zero attached hydrogens (tertiary/aromatic N) is 6. The molecule has 0 heterocycles. The normalized spacial score (nSPS) is 7.05. The van der Waals surface area contributed by atoms with Crippen molar-refractivity contribution in [3.05, 3.63) is 16.0 Å². The van der Waals surface area contributed by atoms with Crippen LogP contribution in [0, 0.1) is 0 Å². The van der Waals surface area contributed by atoms with E-state index in [0.29, 0.717) is 0 Å². The third-order valence-electron chi connectivity index (χ3n) is 0. The van der Waals surface area contributed by atoms with Crippen LogP contribution in [0.2, 0.25) is 0 Å². The van der Waals surface area contributed by atoms with E-state index in [1.165, 1.54) is 4.91 Å². The fourth-order valence-corrected chi connectivity index (χ4v) is 0. The van der Waals surface area contributed by atoms with Crippen LogP contribution in [-0.4, -0.2) is 92.2 Å². The standard InChI is InChI=1S/3C3H9N.C2H7N.N3.Na/c3*1-4(2)3;2*1-3-2;/h3*1-3H3;3H,1-2H3;;/q;;;;-1;+1. The van der Waals surface area contributed by atoms with Gasteiger partial charge in [0.1, 0.15) is 0 Å². The van der Waals surface area contributed by atoms with Crippen molar-refractivity contribution in [2.75, 3.05) is 77.5 Å². The quantitative estimate of drug-likeness (QED) is 0.248. The summed E-state index contributed by atoms with van der Waals surface area (Å²) in [6, 6.07) is 0. The van der Waals surface area contributed by atoms with Crippen molar-refractivity contribution in [1.82, 2.24) is 20.0 Å². The summed E-state index contributed by atoms with van der Waals surface area (Å²) in [4.78, 5) is 7.50. The molecule has 0 amide bonds. The van der Waals surface area contributed by atoms with E-state index in [1.54, 1.807) is 0 Å². The van der Waals surface area contributed by atoms with Gasteiger partial charge in [0.2, 0.25) is 0 Å². The van der Waals surface area contributed by atoms with E-state index >= 15 is 0 Å². The van der Waals surface area contributed by atoms with Gasteiger partial charge in [-0.15, -0.1) is 0 Å². The molecule has 0 aliphatic carbocycles. The summed E-state index contributed by atoms with van der Waals surface area (Å²) >= 11 is 0. The Labute approximate surface area is 143 Å². The Morgan fingerprint density at radius 3 is 0.632 bits per heavy atom. The molecule has 0 unspecified atom stereocenters. The number of nitrogens with one attached hydrogen (secondary N) is 1. The van der Waals surface area contributed by atoms with Gasteiger partial charge in [-0.3, -0.25) is 4.91 Å². The van der Waals surface area contributed by atoms with Crippen LogP contribution in [0.25, 0.3) is 16.0 Å². The Bertz CT molecular complexity index is 112. The first-order chi connectivity index (χ1) is 8.02. The third kappa shape index (κ3) is 210000. The molecule has 0 aromatic heterocycles. The van der Waals surface area contributed by atoms with Crippen LogP contribution in [-0.2, 0) is 0 Å². The molecule has 0 rings (SSSR count). The SMILES string of the molecule is CN(C)C.CN(C)C.CN(C)C.CNC.[N-]=[N+]=[N-].[Na+]. The fraction of sp³-hybridized carbons (Fsp3) is 1.00. The molecule has 7 nitrogen and oxygen atoms in total. The minimum Gasteiger partial charge on any atom is -0.373 e. The van der Waals surface area contributed by atoms with E-state index in [2.05, 4.69) is 5.32 Å². The monoisotopic (exact) mass is 287 g/mol. The first kappa shape index (κ1) is 36.5. The van der Waals surface area contributed by atoms with Crippen molar-refractivity contribution in [1.29, 1.82) is 0 Å². The Balaban J connectivity index is -0.0000000276. The van der Waals surface area contributed by atoms with Gasteiger partial charge in [0.05, 0.1) is 0 Å². The van der Waals surface area contributed by atoms with E-state index in [9.17, 15) is 0 Å². The van der Waals surface area contributed by atoms with Crippen LogP contribution >= 0.6 is 0 Å². The zero-order chi connectivity index (χ0) is 16.1. The predicted octanol–water partition coefficient (Wildman–Crippen LogP) is -1.76. The second-order valence-electron chi connectivity index (χ2n) is 4.61. The molecule has 19 heavy (non-hydrogen) atoms. The van der Waals surface area contributed by atoms with E-state index < -0.39 is 0 Å². The molecular weight excluding hydrogens is 253 g/mol. The minimum atomic E-state index is 0. The Morgan fingerprint density at radius 2 is 0.632 bits per heavy atom. The summed E-state index contributed by atoms with van der Waals surface area (Å²) in [5.74, 6) is 0. The zero-order valence-corrected chi connectivity index (χ0v) is 17.2. The largest absolute Gasteiger partial charge is 1.00 e. The molecule has 0 radical (unpaired) electrons. The van der Waals surface area contributed by atoms with Crippen LogP contribution in [0.3, 0.4) is 0 Å². The summed E-state index contributed by atoms with van der Waals surface area (Å²) in [6.07, 6.45) is 0. The van der Waals surface area contributed by atoms with Crippen LogP contribution in [0.15, 0.2) is 0 Å². The van der Waals surface area contributed by atoms with Gasteiger partial charge < -0.3 is 31.1 Å². The van der Waals surface area contributed by atoms with Crippen LogP contribution in [0.4, 0.5) is 0 Å². The van der Waals surface area contributed by atoms with E-state index in [0.717, 1.165) is 0 Å². The summed E-state index contributed by atoms with van der Waals surface area (Å²) in [5.41, 5.74) is 13.5. The van der Waals surface area contributed by atoms with Gasteiger partial charge >= 0.3 is 29.6 Å². The van der Waals surface area contributed by atoms with Crippen molar-refractivity contribution in [3.8, 4) is 0 Å². The summed E-state index contributed by atoms with van der Waals surface area (Å²) in [6.45, 7) is 0. The molecule has 0 aromatic carbocycles. The summed E-state index contributed by atoms with van der Waals surface area (Å²) < 4.78 is 0. The van der Waals surface area contributed by atoms with Crippen molar-refractivity contribution < 1.29 is 29.6 Å². The second kappa shape index (κ2) is 42.9. The molecule has 0 aliphatic heterocycles. The maximum atomic E-state index is 6.75. The average Bonchev–Trinajstić information content (AvgIpc) is 2.00. The maximum absolute atomic E-state index is 6.75. The van der Waals surface area contributed by atoms with Gasteiger partial charge in [-0.25, -0.2) is 0 Å². The predicted molar refractivity (Wildman–Crippen MR) is 83.9 cm³/mol. The van der Waals surface area contributed by atoms with E-state index in [1.807, 2.05) is 92.2 Å². The van der Waals surface area contributed by atoms with Crippen LogP contribution in [0.5, 0.6) is 0 Å². The molecule has 0 spiro atoms. The Kier molecular flexibility index (Phi) is 82.4. The molecule has 0 atom stereocenters. The molecule has 114 valence electrons. The molecule has 0 saturated carbocycles. The Hall–Kier alpha value is 0.150. The molecule has 0 bridgehead atoms. The Morgan fingerprint density at radius 1 is 0.632 bits per heavy atom. The van der Waals surface area contributed by atoms with Gasteiger partial charge in [-0.2, -0.15) is 0 Å². The first-order valence-electron chi connectivity index (χ1n) is 5.42. The maximum Gasteiger partial charge on any atom is 1.00 e. The molecule has 0 aliphatic rings.